The highest BCUT2D eigenvalue weighted by Crippen LogP contribution is 2.68. The number of halogens is 3. The van der Waals surface area contributed by atoms with Crippen LogP contribution in [0.15, 0.2) is 54.6 Å². The molecular formula is C33H33F3O5. The lowest BCUT2D eigenvalue weighted by atomic mass is 9.87. The van der Waals surface area contributed by atoms with Crippen molar-refractivity contribution in [2.75, 3.05) is 13.2 Å². The van der Waals surface area contributed by atoms with Crippen molar-refractivity contribution in [3.8, 4) is 22.6 Å². The maximum absolute atomic E-state index is 14.2. The molecule has 0 bridgehead atoms. The minimum absolute atomic E-state index is 0.0192. The van der Waals surface area contributed by atoms with Crippen LogP contribution >= 0.6 is 0 Å². The predicted octanol–water partition coefficient (Wildman–Crippen LogP) is 7.23. The van der Waals surface area contributed by atoms with Crippen molar-refractivity contribution in [2.45, 2.75) is 75.0 Å². The van der Waals surface area contributed by atoms with Crippen molar-refractivity contribution in [1.82, 2.24) is 0 Å². The summed E-state index contributed by atoms with van der Waals surface area (Å²) >= 11 is 0. The predicted molar refractivity (Wildman–Crippen MR) is 148 cm³/mol. The molecule has 2 aliphatic carbocycles. The van der Waals surface area contributed by atoms with Gasteiger partial charge in [-0.2, -0.15) is 13.2 Å². The first-order chi connectivity index (χ1) is 19.4. The Kier molecular flexibility index (Phi) is 6.60. The fourth-order valence-electron chi connectivity index (χ4n) is 6.77. The van der Waals surface area contributed by atoms with E-state index in [9.17, 15) is 28.2 Å². The molecule has 0 aromatic heterocycles. The maximum atomic E-state index is 14.2. The van der Waals surface area contributed by atoms with Gasteiger partial charge in [0.2, 0.25) is 0 Å². The molecule has 3 aromatic carbocycles. The molecule has 1 spiro atoms. The molecule has 1 fully saturated rings. The molecule has 5 nitrogen and oxygen atoms in total. The van der Waals surface area contributed by atoms with E-state index in [0.29, 0.717) is 43.1 Å². The van der Waals surface area contributed by atoms with Gasteiger partial charge in [-0.15, -0.1) is 0 Å². The van der Waals surface area contributed by atoms with E-state index in [0.717, 1.165) is 35.1 Å². The number of ether oxygens (including phenoxy) is 2. The highest BCUT2D eigenvalue weighted by molar-refractivity contribution is 5.76. The summed E-state index contributed by atoms with van der Waals surface area (Å²) in [7, 11) is 0. The Bertz CT molecular complexity index is 1490. The first-order valence-corrected chi connectivity index (χ1v) is 14.0. The summed E-state index contributed by atoms with van der Waals surface area (Å²) < 4.78 is 54.3. The maximum Gasteiger partial charge on any atom is 0.417 e. The highest BCUT2D eigenvalue weighted by atomic mass is 19.4. The van der Waals surface area contributed by atoms with Crippen LogP contribution in [0.2, 0.25) is 0 Å². The lowest BCUT2D eigenvalue weighted by molar-refractivity contribution is -0.138. The molecule has 0 amide bonds. The van der Waals surface area contributed by atoms with Gasteiger partial charge in [-0.05, 0) is 91.1 Å². The molecule has 3 aliphatic rings. The van der Waals surface area contributed by atoms with Crippen LogP contribution in [-0.4, -0.2) is 35.0 Å². The van der Waals surface area contributed by atoms with Gasteiger partial charge in [0.25, 0.3) is 0 Å². The minimum Gasteiger partial charge on any atom is -0.493 e. The van der Waals surface area contributed by atoms with E-state index in [2.05, 4.69) is 0 Å². The third kappa shape index (κ3) is 5.18. The van der Waals surface area contributed by atoms with E-state index in [-0.39, 0.29) is 29.2 Å². The van der Waals surface area contributed by atoms with E-state index in [4.69, 9.17) is 9.47 Å². The van der Waals surface area contributed by atoms with Gasteiger partial charge in [0, 0.05) is 23.3 Å². The fourth-order valence-corrected chi connectivity index (χ4v) is 6.77. The summed E-state index contributed by atoms with van der Waals surface area (Å²) in [4.78, 5) is 11.2. The Hall–Kier alpha value is -3.52. The van der Waals surface area contributed by atoms with Crippen molar-refractivity contribution < 1.29 is 37.7 Å². The first kappa shape index (κ1) is 27.6. The first-order valence-electron chi connectivity index (χ1n) is 14.0. The lowest BCUT2D eigenvalue weighted by Crippen LogP contribution is -2.21. The molecule has 216 valence electrons. The van der Waals surface area contributed by atoms with Gasteiger partial charge in [0.05, 0.1) is 30.8 Å². The Morgan fingerprint density at radius 1 is 1.10 bits per heavy atom. The van der Waals surface area contributed by atoms with E-state index in [1.807, 2.05) is 18.2 Å². The van der Waals surface area contributed by atoms with Crippen LogP contribution in [0.25, 0.3) is 11.1 Å². The van der Waals surface area contributed by atoms with Crippen molar-refractivity contribution in [2.24, 2.45) is 0 Å². The van der Waals surface area contributed by atoms with Crippen molar-refractivity contribution in [1.29, 1.82) is 0 Å². The second kappa shape index (κ2) is 9.79. The average Bonchev–Trinajstić information content (AvgIpc) is 3.32. The van der Waals surface area contributed by atoms with E-state index >= 15 is 0 Å². The zero-order chi connectivity index (χ0) is 29.2. The van der Waals surface area contributed by atoms with Gasteiger partial charge in [-0.3, -0.25) is 4.79 Å². The normalized spacial score (nSPS) is 22.8. The largest absolute Gasteiger partial charge is 0.493 e. The number of alkyl halides is 3. The molecule has 0 radical (unpaired) electrons. The Labute approximate surface area is 236 Å². The molecule has 0 saturated heterocycles. The number of carboxylic acids is 1. The minimum atomic E-state index is -4.49. The summed E-state index contributed by atoms with van der Waals surface area (Å²) in [5, 5.41) is 19.1. The number of rotatable bonds is 8. The molecule has 8 heteroatoms. The van der Waals surface area contributed by atoms with Crippen molar-refractivity contribution in [3.63, 3.8) is 0 Å². The standard InChI is InChI=1S/C33H33F3O5/c1-31(2,39)13-14-40-22-6-3-19(4-7-22)30-24-11-12-32(25(24)9-10-26(30)33(34,35)36)17-27(32)20-5-8-23-21(16-29(37)38)18-41-28(23)15-20/h3-10,15,21,27,39H,11-14,16-18H2,1-2H3,(H,37,38)/t21?,27-,32?/m1/s1. The molecule has 2 unspecified atom stereocenters. The highest BCUT2D eigenvalue weighted by Gasteiger charge is 2.59. The van der Waals surface area contributed by atoms with Crippen LogP contribution < -0.4 is 9.47 Å². The van der Waals surface area contributed by atoms with Crippen LogP contribution in [0.5, 0.6) is 11.5 Å². The van der Waals surface area contributed by atoms with Crippen LogP contribution in [0.3, 0.4) is 0 Å². The Morgan fingerprint density at radius 2 is 1.85 bits per heavy atom. The van der Waals surface area contributed by atoms with Crippen LogP contribution in [0, 0.1) is 0 Å². The molecule has 1 aliphatic heterocycles. The summed E-state index contributed by atoms with van der Waals surface area (Å²) in [5.74, 6) is 0.404. The third-order valence-electron chi connectivity index (χ3n) is 8.92. The molecule has 3 aromatic rings. The number of aliphatic carboxylic acids is 1. The molecule has 41 heavy (non-hydrogen) atoms. The van der Waals surface area contributed by atoms with Crippen LogP contribution in [0.1, 0.15) is 79.2 Å². The van der Waals surface area contributed by atoms with Gasteiger partial charge in [-0.25, -0.2) is 0 Å². The summed E-state index contributed by atoms with van der Waals surface area (Å²) in [5.41, 5.74) is 2.79. The third-order valence-corrected chi connectivity index (χ3v) is 8.92. The number of carboxylic acid groups (broad SMARTS) is 1. The van der Waals surface area contributed by atoms with Gasteiger partial charge in [-0.1, -0.05) is 30.3 Å². The molecule has 2 N–H and O–H groups in total. The van der Waals surface area contributed by atoms with Crippen molar-refractivity contribution in [3.05, 3.63) is 82.4 Å². The number of benzene rings is 3. The smallest absolute Gasteiger partial charge is 0.417 e. The van der Waals surface area contributed by atoms with Crippen LogP contribution in [-0.2, 0) is 22.8 Å². The van der Waals surface area contributed by atoms with E-state index in [1.54, 1.807) is 44.2 Å². The Morgan fingerprint density at radius 3 is 2.54 bits per heavy atom. The van der Waals surface area contributed by atoms with Crippen molar-refractivity contribution >= 4 is 5.97 Å². The zero-order valence-electron chi connectivity index (χ0n) is 23.1. The second-order valence-corrected chi connectivity index (χ2v) is 12.3. The van der Waals surface area contributed by atoms with Crippen LogP contribution in [0.4, 0.5) is 13.2 Å². The number of carbonyl (C=O) groups is 1. The molecule has 1 saturated carbocycles. The van der Waals surface area contributed by atoms with Gasteiger partial charge < -0.3 is 19.7 Å². The molecular weight excluding hydrogens is 533 g/mol. The Balaban J connectivity index is 1.29. The quantitative estimate of drug-likeness (QED) is 0.301. The number of aliphatic hydroxyl groups is 1. The van der Waals surface area contributed by atoms with Gasteiger partial charge in [0.1, 0.15) is 11.5 Å². The second-order valence-electron chi connectivity index (χ2n) is 12.3. The molecule has 1 heterocycles. The number of hydrogen-bond donors (Lipinski definition) is 2. The summed E-state index contributed by atoms with van der Waals surface area (Å²) in [6, 6.07) is 15.6. The topological polar surface area (TPSA) is 76.0 Å². The van der Waals surface area contributed by atoms with Gasteiger partial charge in [0.15, 0.2) is 0 Å². The van der Waals surface area contributed by atoms with E-state index in [1.165, 1.54) is 6.07 Å². The fraction of sp³-hybridized carbons (Fsp3) is 0.424. The molecule has 6 rings (SSSR count). The van der Waals surface area contributed by atoms with E-state index < -0.39 is 23.3 Å². The number of fused-ring (bicyclic) bond motifs is 3. The number of hydrogen-bond acceptors (Lipinski definition) is 4. The summed E-state index contributed by atoms with van der Waals surface area (Å²) in [6.07, 6.45) is -1.84. The molecule has 3 atom stereocenters. The van der Waals surface area contributed by atoms with Gasteiger partial charge >= 0.3 is 12.1 Å². The zero-order valence-corrected chi connectivity index (χ0v) is 23.1. The summed E-state index contributed by atoms with van der Waals surface area (Å²) in [6.45, 7) is 4.04. The SMILES string of the molecule is CC(C)(O)CCOc1ccc(-c2c(C(F)(F)F)ccc3c2CCC32C[C@@H]2c2ccc3c(c2)OCC3CC(=O)O)cc1. The average molecular weight is 567 g/mol. The lowest BCUT2D eigenvalue weighted by Gasteiger charge is -2.20. The monoisotopic (exact) mass is 566 g/mol.